The van der Waals surface area contributed by atoms with Gasteiger partial charge >= 0.3 is 0 Å². The fourth-order valence-corrected chi connectivity index (χ4v) is 5.50. The number of Topliss-reactive ketones (excluding diaryl/α,β-unsaturated/α-hetero) is 1. The van der Waals surface area contributed by atoms with Gasteiger partial charge in [-0.3, -0.25) is 14.5 Å². The molecule has 3 heterocycles. The summed E-state index contributed by atoms with van der Waals surface area (Å²) >= 11 is 0.886. The lowest BCUT2D eigenvalue weighted by molar-refractivity contribution is -0.117. The van der Waals surface area contributed by atoms with E-state index in [4.69, 9.17) is 4.42 Å². The molecule has 1 unspecified atom stereocenters. The monoisotopic (exact) mass is 502 g/mol. The first kappa shape index (κ1) is 22.1. The molecular formula is C27H16F2N2O4S. The van der Waals surface area contributed by atoms with Gasteiger partial charge in [0.15, 0.2) is 22.5 Å². The molecule has 9 heteroatoms. The molecule has 178 valence electrons. The molecule has 1 aliphatic rings. The predicted octanol–water partition coefficient (Wildman–Crippen LogP) is 6.41. The summed E-state index contributed by atoms with van der Waals surface area (Å²) in [5.74, 6) is -3.98. The lowest BCUT2D eigenvalue weighted by Gasteiger charge is -2.24. The van der Waals surface area contributed by atoms with Crippen molar-refractivity contribution in [3.05, 3.63) is 107 Å². The lowest BCUT2D eigenvalue weighted by atomic mass is 9.94. The summed E-state index contributed by atoms with van der Waals surface area (Å²) in [7, 11) is 0. The standard InChI is InChI=1S/C27H16F2N2O4S/c1-13-5-4-7-15(9-13)23-21(24(32)19-10-14-6-2-3-8-18(14)35-19)25(33)26(34)31(23)27-30-22-17(29)11-16(28)12-20(22)36-27/h2-12,23,33H,1H3. The molecule has 1 atom stereocenters. The van der Waals surface area contributed by atoms with Crippen LogP contribution < -0.4 is 4.90 Å². The summed E-state index contributed by atoms with van der Waals surface area (Å²) in [5, 5.41) is 11.7. The molecule has 0 spiro atoms. The van der Waals surface area contributed by atoms with E-state index in [2.05, 4.69) is 4.98 Å². The number of nitrogens with zero attached hydrogens (tertiary/aromatic N) is 2. The van der Waals surface area contributed by atoms with Crippen LogP contribution in [0.5, 0.6) is 0 Å². The van der Waals surface area contributed by atoms with Gasteiger partial charge in [0, 0.05) is 11.5 Å². The first-order valence-corrected chi connectivity index (χ1v) is 11.8. The van der Waals surface area contributed by atoms with E-state index in [1.807, 2.05) is 13.0 Å². The van der Waals surface area contributed by atoms with Crippen molar-refractivity contribution in [3.8, 4) is 0 Å². The molecule has 0 bridgehead atoms. The van der Waals surface area contributed by atoms with Gasteiger partial charge in [0.05, 0.1) is 16.3 Å². The Morgan fingerprint density at radius 1 is 1.08 bits per heavy atom. The van der Waals surface area contributed by atoms with Gasteiger partial charge in [-0.25, -0.2) is 13.8 Å². The zero-order chi connectivity index (χ0) is 25.1. The summed E-state index contributed by atoms with van der Waals surface area (Å²) in [6, 6.07) is 16.5. The summed E-state index contributed by atoms with van der Waals surface area (Å²) < 4.78 is 34.1. The second kappa shape index (κ2) is 8.10. The minimum absolute atomic E-state index is 0.0185. The number of aliphatic hydroxyl groups is 1. The summed E-state index contributed by atoms with van der Waals surface area (Å²) in [6.07, 6.45) is 0. The molecule has 0 saturated heterocycles. The van der Waals surface area contributed by atoms with Crippen LogP contribution in [0.15, 0.2) is 82.5 Å². The Morgan fingerprint density at radius 2 is 1.89 bits per heavy atom. The van der Waals surface area contributed by atoms with Crippen LogP contribution in [-0.2, 0) is 4.79 Å². The van der Waals surface area contributed by atoms with Crippen LogP contribution in [0.2, 0.25) is 0 Å². The molecule has 3 aromatic carbocycles. The van der Waals surface area contributed by atoms with E-state index < -0.39 is 35.1 Å². The molecule has 6 nitrogen and oxygen atoms in total. The molecule has 0 fully saturated rings. The number of hydrogen-bond donors (Lipinski definition) is 1. The Labute approximate surface area is 206 Å². The quantitative estimate of drug-likeness (QED) is 0.287. The SMILES string of the molecule is Cc1cccc(C2C(C(=O)c3cc4ccccc4o3)=C(O)C(=O)N2c2nc3c(F)cc(F)cc3s2)c1. The fourth-order valence-electron chi connectivity index (χ4n) is 4.47. The van der Waals surface area contributed by atoms with Crippen molar-refractivity contribution in [1.82, 2.24) is 4.98 Å². The Kier molecular flexibility index (Phi) is 4.97. The highest BCUT2D eigenvalue weighted by Crippen LogP contribution is 2.45. The number of para-hydroxylation sites is 1. The van der Waals surface area contributed by atoms with Crippen LogP contribution in [0, 0.1) is 18.6 Å². The van der Waals surface area contributed by atoms with Gasteiger partial charge < -0.3 is 9.52 Å². The van der Waals surface area contributed by atoms with Crippen molar-refractivity contribution < 1.29 is 27.9 Å². The van der Waals surface area contributed by atoms with Crippen molar-refractivity contribution >= 4 is 49.3 Å². The van der Waals surface area contributed by atoms with Crippen molar-refractivity contribution in [1.29, 1.82) is 0 Å². The highest BCUT2D eigenvalue weighted by atomic mass is 32.1. The van der Waals surface area contributed by atoms with Crippen molar-refractivity contribution in [2.24, 2.45) is 0 Å². The first-order chi connectivity index (χ1) is 17.3. The number of hydrogen-bond acceptors (Lipinski definition) is 6. The fraction of sp³-hybridized carbons (Fsp3) is 0.0741. The summed E-state index contributed by atoms with van der Waals surface area (Å²) in [4.78, 5) is 32.4. The number of amides is 1. The second-order valence-corrected chi connectivity index (χ2v) is 9.47. The van der Waals surface area contributed by atoms with Crippen LogP contribution in [-0.4, -0.2) is 21.8 Å². The van der Waals surface area contributed by atoms with Gasteiger partial charge in [0.25, 0.3) is 5.91 Å². The van der Waals surface area contributed by atoms with E-state index in [1.54, 1.807) is 48.5 Å². The molecule has 1 N–H and O–H groups in total. The number of carbonyl (C=O) groups excluding carboxylic acids is 2. The molecule has 0 radical (unpaired) electrons. The molecule has 1 amide bonds. The number of rotatable bonds is 4. The van der Waals surface area contributed by atoms with E-state index in [0.29, 0.717) is 22.6 Å². The Hall–Kier alpha value is -4.37. The zero-order valence-corrected chi connectivity index (χ0v) is 19.5. The molecule has 2 aromatic heterocycles. The molecule has 5 aromatic rings. The highest BCUT2D eigenvalue weighted by Gasteiger charge is 2.46. The van der Waals surface area contributed by atoms with Crippen molar-refractivity contribution in [2.75, 3.05) is 4.90 Å². The largest absolute Gasteiger partial charge is 0.503 e. The van der Waals surface area contributed by atoms with Gasteiger partial charge in [-0.05, 0) is 30.7 Å². The Morgan fingerprint density at radius 3 is 2.67 bits per heavy atom. The average molecular weight is 502 g/mol. The number of aromatic nitrogens is 1. The number of anilines is 1. The minimum Gasteiger partial charge on any atom is -0.503 e. The van der Waals surface area contributed by atoms with Crippen LogP contribution >= 0.6 is 11.3 Å². The van der Waals surface area contributed by atoms with Crippen LogP contribution in [0.3, 0.4) is 0 Å². The van der Waals surface area contributed by atoms with E-state index in [1.165, 1.54) is 0 Å². The number of benzene rings is 3. The molecule has 6 rings (SSSR count). The average Bonchev–Trinajstić information content (AvgIpc) is 3.53. The van der Waals surface area contributed by atoms with E-state index in [0.717, 1.165) is 27.9 Å². The first-order valence-electron chi connectivity index (χ1n) is 10.9. The molecular weight excluding hydrogens is 486 g/mol. The van der Waals surface area contributed by atoms with Gasteiger partial charge in [0.1, 0.15) is 16.9 Å². The maximum absolute atomic E-state index is 14.4. The number of aliphatic hydroxyl groups excluding tert-OH is 1. The van der Waals surface area contributed by atoms with Crippen LogP contribution in [0.25, 0.3) is 21.2 Å². The van der Waals surface area contributed by atoms with E-state index >= 15 is 0 Å². The van der Waals surface area contributed by atoms with Crippen molar-refractivity contribution in [2.45, 2.75) is 13.0 Å². The van der Waals surface area contributed by atoms with Crippen LogP contribution in [0.4, 0.5) is 13.9 Å². The van der Waals surface area contributed by atoms with Gasteiger partial charge in [0.2, 0.25) is 5.78 Å². The van der Waals surface area contributed by atoms with Gasteiger partial charge in [-0.2, -0.15) is 0 Å². The maximum atomic E-state index is 14.4. The number of furan rings is 1. The predicted molar refractivity (Wildman–Crippen MR) is 131 cm³/mol. The second-order valence-electron chi connectivity index (χ2n) is 8.46. The molecule has 0 saturated carbocycles. The van der Waals surface area contributed by atoms with Gasteiger partial charge in [-0.15, -0.1) is 0 Å². The third-order valence-electron chi connectivity index (χ3n) is 6.07. The normalized spacial score (nSPS) is 16.0. The van der Waals surface area contributed by atoms with E-state index in [9.17, 15) is 23.5 Å². The smallest absolute Gasteiger partial charge is 0.296 e. The highest BCUT2D eigenvalue weighted by molar-refractivity contribution is 7.22. The molecule has 36 heavy (non-hydrogen) atoms. The van der Waals surface area contributed by atoms with Crippen LogP contribution in [0.1, 0.15) is 27.7 Å². The van der Waals surface area contributed by atoms with E-state index in [-0.39, 0.29) is 26.7 Å². The third kappa shape index (κ3) is 3.39. The van der Waals surface area contributed by atoms with Gasteiger partial charge in [-0.1, -0.05) is 59.4 Å². The maximum Gasteiger partial charge on any atom is 0.296 e. The molecule has 1 aliphatic heterocycles. The number of carbonyl (C=O) groups is 2. The number of ketones is 1. The lowest BCUT2D eigenvalue weighted by Crippen LogP contribution is -2.31. The summed E-state index contributed by atoms with van der Waals surface area (Å²) in [6.45, 7) is 1.85. The Balaban J connectivity index is 1.53. The topological polar surface area (TPSA) is 83.6 Å². The third-order valence-corrected chi connectivity index (χ3v) is 7.07. The number of thiazole rings is 1. The minimum atomic E-state index is -1.06. The zero-order valence-electron chi connectivity index (χ0n) is 18.7. The van der Waals surface area contributed by atoms with Crippen molar-refractivity contribution in [3.63, 3.8) is 0 Å². The summed E-state index contributed by atoms with van der Waals surface area (Å²) in [5.41, 5.74) is 1.59. The number of halogens is 2. The number of aryl methyl sites for hydroxylation is 1. The molecule has 0 aliphatic carbocycles. The Bertz CT molecular complexity index is 1720. The number of fused-ring (bicyclic) bond motifs is 2.